The first kappa shape index (κ1) is 15.4. The summed E-state index contributed by atoms with van der Waals surface area (Å²) in [6.45, 7) is 8.35. The van der Waals surface area contributed by atoms with Crippen LogP contribution >= 0.6 is 0 Å². The fourth-order valence-corrected chi connectivity index (χ4v) is 4.73. The molecule has 0 spiro atoms. The number of hydrogen-bond acceptors (Lipinski definition) is 1. The molecule has 4 rings (SSSR count). The van der Waals surface area contributed by atoms with E-state index in [1.807, 2.05) is 6.07 Å². The van der Waals surface area contributed by atoms with Crippen LogP contribution in [0.4, 0.5) is 0 Å². The molecule has 0 bridgehead atoms. The zero-order chi connectivity index (χ0) is 17.0. The van der Waals surface area contributed by atoms with Crippen molar-refractivity contribution in [2.24, 2.45) is 0 Å². The van der Waals surface area contributed by atoms with Crippen LogP contribution in [-0.2, 0) is 0 Å². The molecule has 0 heterocycles. The first-order valence-corrected chi connectivity index (χ1v) is 10.5. The molecule has 2 heteroatoms. The third-order valence-electron chi connectivity index (χ3n) is 4.74. The van der Waals surface area contributed by atoms with Gasteiger partial charge >= 0.3 is 148 Å². The van der Waals surface area contributed by atoms with Crippen molar-refractivity contribution in [3.8, 4) is 0 Å². The zero-order valence-corrected chi connectivity index (χ0v) is 15.8. The van der Waals surface area contributed by atoms with Gasteiger partial charge in [-0.15, -0.1) is 0 Å². The summed E-state index contributed by atoms with van der Waals surface area (Å²) in [4.78, 5) is 11.7. The molecule has 0 N–H and O–H groups in total. The van der Waals surface area contributed by atoms with E-state index in [0.29, 0.717) is 15.0 Å². The van der Waals surface area contributed by atoms with E-state index in [9.17, 15) is 4.79 Å². The first-order chi connectivity index (χ1) is 11.5. The molecule has 0 unspecified atom stereocenters. The molecule has 1 nitrogen and oxygen atoms in total. The average molecular weight is 377 g/mol. The van der Waals surface area contributed by atoms with E-state index in [2.05, 4.69) is 56.6 Å². The SMILES string of the molecule is C=C(C)c1cc2cc(C)cc3c(C=O)cc4cc([Se]C)cc1c4c23. The second-order valence-corrected chi connectivity index (χ2v) is 8.32. The maximum atomic E-state index is 11.7. The Morgan fingerprint density at radius 2 is 1.71 bits per heavy atom. The Morgan fingerprint density at radius 3 is 2.38 bits per heavy atom. The third-order valence-corrected chi connectivity index (χ3v) is 6.22. The molecule has 0 aliphatic carbocycles. The van der Waals surface area contributed by atoms with Gasteiger partial charge in [-0.3, -0.25) is 0 Å². The van der Waals surface area contributed by atoms with Gasteiger partial charge in [0.1, 0.15) is 0 Å². The summed E-state index contributed by atoms with van der Waals surface area (Å²) in [6, 6.07) is 13.2. The minimum absolute atomic E-state index is 0.411. The fourth-order valence-electron chi connectivity index (χ4n) is 3.72. The van der Waals surface area contributed by atoms with Crippen LogP contribution in [0, 0.1) is 6.92 Å². The normalized spacial score (nSPS) is 11.6. The van der Waals surface area contributed by atoms with Gasteiger partial charge in [0.15, 0.2) is 0 Å². The van der Waals surface area contributed by atoms with Crippen molar-refractivity contribution >= 4 is 63.6 Å². The number of rotatable bonds is 3. The minimum atomic E-state index is 0.411. The number of benzene rings is 4. The topological polar surface area (TPSA) is 17.1 Å². The molecule has 0 radical (unpaired) electrons. The van der Waals surface area contributed by atoms with Crippen LogP contribution in [-0.4, -0.2) is 21.2 Å². The van der Waals surface area contributed by atoms with Gasteiger partial charge in [0, 0.05) is 0 Å². The van der Waals surface area contributed by atoms with Crippen molar-refractivity contribution in [3.05, 3.63) is 59.7 Å². The van der Waals surface area contributed by atoms with Crippen LogP contribution in [0.25, 0.3) is 37.9 Å². The molecule has 0 amide bonds. The molecule has 0 aliphatic rings. The second kappa shape index (κ2) is 5.44. The van der Waals surface area contributed by atoms with Gasteiger partial charge < -0.3 is 0 Å². The van der Waals surface area contributed by atoms with Crippen molar-refractivity contribution in [3.63, 3.8) is 0 Å². The number of carbonyl (C=O) groups is 1. The fraction of sp³-hybridized carbons (Fsp3) is 0.136. The molecule has 0 saturated carbocycles. The van der Waals surface area contributed by atoms with Crippen LogP contribution in [0.15, 0.2) is 43.0 Å². The Bertz CT molecular complexity index is 1140. The summed E-state index contributed by atoms with van der Waals surface area (Å²) < 4.78 is 1.35. The third kappa shape index (κ3) is 2.11. The summed E-state index contributed by atoms with van der Waals surface area (Å²) in [5.41, 5.74) is 4.25. The van der Waals surface area contributed by atoms with Gasteiger partial charge in [0.25, 0.3) is 0 Å². The van der Waals surface area contributed by atoms with E-state index >= 15 is 0 Å². The molecular weight excluding hydrogens is 359 g/mol. The molecule has 0 aromatic heterocycles. The van der Waals surface area contributed by atoms with E-state index in [0.717, 1.165) is 28.2 Å². The summed E-state index contributed by atoms with van der Waals surface area (Å²) in [5.74, 6) is 2.23. The Labute approximate surface area is 147 Å². The first-order valence-electron chi connectivity index (χ1n) is 7.95. The quantitative estimate of drug-likeness (QED) is 0.275. The van der Waals surface area contributed by atoms with E-state index in [4.69, 9.17) is 0 Å². The number of aldehydes is 1. The molecule has 4 aromatic carbocycles. The van der Waals surface area contributed by atoms with Gasteiger partial charge in [0.2, 0.25) is 0 Å². The Balaban J connectivity index is 2.38. The van der Waals surface area contributed by atoms with E-state index in [1.165, 1.54) is 37.1 Å². The van der Waals surface area contributed by atoms with Gasteiger partial charge in [-0.25, -0.2) is 0 Å². The number of aryl methyl sites for hydroxylation is 1. The summed E-state index contributed by atoms with van der Waals surface area (Å²) in [6.07, 6.45) is 0.986. The number of allylic oxidation sites excluding steroid dienone is 1. The van der Waals surface area contributed by atoms with Crippen LogP contribution in [0.2, 0.25) is 5.82 Å². The van der Waals surface area contributed by atoms with Crippen molar-refractivity contribution < 1.29 is 4.79 Å². The van der Waals surface area contributed by atoms with E-state index in [1.54, 1.807) is 0 Å². The summed E-state index contributed by atoms with van der Waals surface area (Å²) in [7, 11) is 0. The molecule has 4 aromatic rings. The molecule has 118 valence electrons. The van der Waals surface area contributed by atoms with Crippen molar-refractivity contribution in [2.45, 2.75) is 19.7 Å². The van der Waals surface area contributed by atoms with E-state index < -0.39 is 0 Å². The number of hydrogen-bond donors (Lipinski definition) is 0. The number of carbonyl (C=O) groups excluding carboxylic acids is 1. The van der Waals surface area contributed by atoms with Gasteiger partial charge in [0.05, 0.1) is 0 Å². The Kier molecular flexibility index (Phi) is 3.49. The maximum absolute atomic E-state index is 11.7. The standard InChI is InChI=1S/C22H18OSe/c1-12(2)18-9-14-5-13(3)6-19-16(11-23)7-15-8-17(24-4)10-20(18)22(15)21(14)19/h5-11H,1H2,2-4H3. The molecule has 0 aliphatic heterocycles. The zero-order valence-electron chi connectivity index (χ0n) is 14.1. The van der Waals surface area contributed by atoms with Gasteiger partial charge in [-0.1, -0.05) is 0 Å². The molecule has 0 saturated heterocycles. The predicted octanol–water partition coefficient (Wildman–Crippen LogP) is 5.12. The van der Waals surface area contributed by atoms with Gasteiger partial charge in [-0.2, -0.15) is 0 Å². The van der Waals surface area contributed by atoms with Crippen LogP contribution in [0.5, 0.6) is 0 Å². The molecule has 0 atom stereocenters. The summed E-state index contributed by atoms with van der Waals surface area (Å²) >= 11 is 0.411. The Morgan fingerprint density at radius 1 is 1.00 bits per heavy atom. The van der Waals surface area contributed by atoms with Crippen LogP contribution in [0.1, 0.15) is 28.4 Å². The van der Waals surface area contributed by atoms with Crippen molar-refractivity contribution in [1.82, 2.24) is 0 Å². The average Bonchev–Trinajstić information content (AvgIpc) is 2.57. The van der Waals surface area contributed by atoms with E-state index in [-0.39, 0.29) is 0 Å². The van der Waals surface area contributed by atoms with Crippen molar-refractivity contribution in [2.75, 3.05) is 0 Å². The van der Waals surface area contributed by atoms with Crippen LogP contribution < -0.4 is 4.46 Å². The van der Waals surface area contributed by atoms with Crippen LogP contribution in [0.3, 0.4) is 0 Å². The van der Waals surface area contributed by atoms with Crippen molar-refractivity contribution in [1.29, 1.82) is 0 Å². The predicted molar refractivity (Wildman–Crippen MR) is 106 cm³/mol. The Hall–Kier alpha value is -2.15. The monoisotopic (exact) mass is 378 g/mol. The second-order valence-electron chi connectivity index (χ2n) is 6.47. The van der Waals surface area contributed by atoms with Gasteiger partial charge in [-0.05, 0) is 0 Å². The molecule has 24 heavy (non-hydrogen) atoms. The summed E-state index contributed by atoms with van der Waals surface area (Å²) in [5, 5.41) is 7.14. The molecule has 0 fully saturated rings. The molecular formula is C22H18OSe.